The molecular formula is C21H18N4O2S. The average Bonchev–Trinajstić information content (AvgIpc) is 3.07. The molecule has 3 aromatic rings. The number of sulfonamides is 1. The van der Waals surface area contributed by atoms with Crippen molar-refractivity contribution in [1.29, 1.82) is 5.26 Å². The van der Waals surface area contributed by atoms with Crippen LogP contribution in [0.15, 0.2) is 65.6 Å². The molecule has 0 aliphatic carbocycles. The van der Waals surface area contributed by atoms with Gasteiger partial charge in [-0.2, -0.15) is 5.26 Å². The van der Waals surface area contributed by atoms with Crippen molar-refractivity contribution in [3.05, 3.63) is 71.8 Å². The Balaban J connectivity index is 1.55. The first-order chi connectivity index (χ1) is 13.4. The fraction of sp³-hybridized carbons (Fsp3) is 0.143. The molecule has 1 atom stereocenters. The van der Waals surface area contributed by atoms with E-state index in [0.717, 1.165) is 28.9 Å². The highest BCUT2D eigenvalue weighted by Crippen LogP contribution is 2.27. The number of nitriles is 1. The highest BCUT2D eigenvalue weighted by atomic mass is 32.2. The van der Waals surface area contributed by atoms with Crippen LogP contribution < -0.4 is 10.0 Å². The molecule has 1 unspecified atom stereocenters. The second-order valence-corrected chi connectivity index (χ2v) is 8.46. The smallest absolute Gasteiger partial charge is 0.263 e. The fourth-order valence-corrected chi connectivity index (χ4v) is 4.21. The summed E-state index contributed by atoms with van der Waals surface area (Å²) in [5.41, 5.74) is 3.45. The van der Waals surface area contributed by atoms with Crippen LogP contribution in [0.1, 0.15) is 18.1 Å². The number of nitrogens with zero attached hydrogens (tertiary/aromatic N) is 2. The molecule has 0 amide bonds. The van der Waals surface area contributed by atoms with Crippen molar-refractivity contribution >= 4 is 21.7 Å². The minimum atomic E-state index is -3.74. The Kier molecular flexibility index (Phi) is 4.49. The SMILES string of the molecule is CC1Cc2ccc(NS(=O)(=O)c3ccc(-c4ccc(C#N)cc4)cc3)nc2N1. The monoisotopic (exact) mass is 390 g/mol. The predicted octanol–water partition coefficient (Wildman–Crippen LogP) is 3.78. The maximum absolute atomic E-state index is 12.7. The van der Waals surface area contributed by atoms with Crippen molar-refractivity contribution in [1.82, 2.24) is 4.98 Å². The molecule has 7 heteroatoms. The van der Waals surface area contributed by atoms with E-state index in [2.05, 4.69) is 28.0 Å². The zero-order valence-electron chi connectivity index (χ0n) is 15.2. The standard InChI is InChI=1S/C21H18N4O2S/c1-14-12-18-8-11-20(24-21(18)23-14)25-28(26,27)19-9-6-17(7-10-19)16-4-2-15(13-22)3-5-16/h2-11,14H,12H2,1H3,(H2,23,24,25). The van der Waals surface area contributed by atoms with Crippen LogP contribution >= 0.6 is 0 Å². The molecule has 0 fully saturated rings. The van der Waals surface area contributed by atoms with Crippen molar-refractivity contribution in [3.63, 3.8) is 0 Å². The average molecular weight is 390 g/mol. The summed E-state index contributed by atoms with van der Waals surface area (Å²) >= 11 is 0. The lowest BCUT2D eigenvalue weighted by atomic mass is 10.0. The van der Waals surface area contributed by atoms with Crippen LogP contribution in [0.3, 0.4) is 0 Å². The summed E-state index contributed by atoms with van der Waals surface area (Å²) in [6.07, 6.45) is 0.881. The van der Waals surface area contributed by atoms with Gasteiger partial charge < -0.3 is 5.32 Å². The highest BCUT2D eigenvalue weighted by molar-refractivity contribution is 7.92. The lowest BCUT2D eigenvalue weighted by molar-refractivity contribution is 0.601. The molecule has 2 N–H and O–H groups in total. The zero-order valence-corrected chi connectivity index (χ0v) is 16.0. The van der Waals surface area contributed by atoms with Crippen molar-refractivity contribution in [2.75, 3.05) is 10.0 Å². The number of hydrogen-bond acceptors (Lipinski definition) is 5. The van der Waals surface area contributed by atoms with Crippen LogP contribution in [-0.2, 0) is 16.4 Å². The molecule has 1 aliphatic heterocycles. The molecule has 2 heterocycles. The van der Waals surface area contributed by atoms with Gasteiger partial charge in [-0.05, 0) is 60.4 Å². The van der Waals surface area contributed by atoms with Gasteiger partial charge in [0.1, 0.15) is 11.6 Å². The second kappa shape index (κ2) is 6.98. The summed E-state index contributed by atoms with van der Waals surface area (Å²) in [5.74, 6) is 1.01. The number of hydrogen-bond donors (Lipinski definition) is 2. The third kappa shape index (κ3) is 3.55. The van der Waals surface area contributed by atoms with Crippen molar-refractivity contribution in [2.45, 2.75) is 24.3 Å². The lowest BCUT2D eigenvalue weighted by Crippen LogP contribution is -2.14. The van der Waals surface area contributed by atoms with E-state index in [1.165, 1.54) is 0 Å². The summed E-state index contributed by atoms with van der Waals surface area (Å²) < 4.78 is 27.9. The zero-order chi connectivity index (χ0) is 19.7. The number of fused-ring (bicyclic) bond motifs is 1. The summed E-state index contributed by atoms with van der Waals surface area (Å²) in [5, 5.41) is 12.1. The van der Waals surface area contributed by atoms with Gasteiger partial charge in [0.25, 0.3) is 10.0 Å². The predicted molar refractivity (Wildman–Crippen MR) is 108 cm³/mol. The van der Waals surface area contributed by atoms with Gasteiger partial charge in [-0.15, -0.1) is 0 Å². The van der Waals surface area contributed by atoms with Gasteiger partial charge in [0.05, 0.1) is 16.5 Å². The van der Waals surface area contributed by atoms with Crippen molar-refractivity contribution in [3.8, 4) is 17.2 Å². The molecule has 140 valence electrons. The van der Waals surface area contributed by atoms with Crippen LogP contribution in [0.25, 0.3) is 11.1 Å². The summed E-state index contributed by atoms with van der Waals surface area (Å²) in [6.45, 7) is 2.06. The van der Waals surface area contributed by atoms with Crippen molar-refractivity contribution < 1.29 is 8.42 Å². The van der Waals surface area contributed by atoms with E-state index in [-0.39, 0.29) is 10.7 Å². The molecule has 0 bridgehead atoms. The molecule has 1 aliphatic rings. The molecule has 0 saturated heterocycles. The van der Waals surface area contributed by atoms with Crippen LogP contribution in [-0.4, -0.2) is 19.4 Å². The number of anilines is 2. The first-order valence-corrected chi connectivity index (χ1v) is 10.3. The van der Waals surface area contributed by atoms with Gasteiger partial charge in [0, 0.05) is 6.04 Å². The molecule has 1 aromatic heterocycles. The Morgan fingerprint density at radius 1 is 1.04 bits per heavy atom. The molecule has 0 radical (unpaired) electrons. The first kappa shape index (κ1) is 18.0. The number of benzene rings is 2. The minimum Gasteiger partial charge on any atom is -0.367 e. The van der Waals surface area contributed by atoms with E-state index in [0.29, 0.717) is 11.6 Å². The maximum atomic E-state index is 12.7. The largest absolute Gasteiger partial charge is 0.367 e. The van der Waals surface area contributed by atoms with Crippen molar-refractivity contribution in [2.24, 2.45) is 0 Å². The Hall–Kier alpha value is -3.37. The quantitative estimate of drug-likeness (QED) is 0.707. The van der Waals surface area contributed by atoms with E-state index >= 15 is 0 Å². The first-order valence-electron chi connectivity index (χ1n) is 8.84. The van der Waals surface area contributed by atoms with E-state index in [9.17, 15) is 8.42 Å². The van der Waals surface area contributed by atoms with E-state index in [1.807, 2.05) is 18.2 Å². The van der Waals surface area contributed by atoms with Crippen LogP contribution in [0.2, 0.25) is 0 Å². The van der Waals surface area contributed by atoms with E-state index < -0.39 is 10.0 Å². The second-order valence-electron chi connectivity index (χ2n) is 6.77. The Morgan fingerprint density at radius 2 is 1.68 bits per heavy atom. The topological polar surface area (TPSA) is 94.9 Å². The summed E-state index contributed by atoms with van der Waals surface area (Å²) in [7, 11) is -3.74. The van der Waals surface area contributed by atoms with Gasteiger partial charge in [0.2, 0.25) is 0 Å². The number of aromatic nitrogens is 1. The Morgan fingerprint density at radius 3 is 2.32 bits per heavy atom. The van der Waals surface area contributed by atoms with Gasteiger partial charge in [0.15, 0.2) is 0 Å². The minimum absolute atomic E-state index is 0.161. The number of pyridine rings is 1. The molecule has 0 saturated carbocycles. The molecule has 6 nitrogen and oxygen atoms in total. The molecule has 0 spiro atoms. The maximum Gasteiger partial charge on any atom is 0.263 e. The number of rotatable bonds is 4. The van der Waals surface area contributed by atoms with Gasteiger partial charge >= 0.3 is 0 Å². The summed E-state index contributed by atoms with van der Waals surface area (Å²) in [4.78, 5) is 4.53. The third-order valence-electron chi connectivity index (χ3n) is 4.64. The van der Waals surface area contributed by atoms with Gasteiger partial charge in [-0.3, -0.25) is 4.72 Å². The highest BCUT2D eigenvalue weighted by Gasteiger charge is 2.20. The van der Waals surface area contributed by atoms with Gasteiger partial charge in [-0.25, -0.2) is 13.4 Å². The lowest BCUT2D eigenvalue weighted by Gasteiger charge is -2.10. The Bertz CT molecular complexity index is 1160. The van der Waals surface area contributed by atoms with Crippen LogP contribution in [0.5, 0.6) is 0 Å². The summed E-state index contributed by atoms with van der Waals surface area (Å²) in [6, 6.07) is 19.7. The number of nitrogens with one attached hydrogen (secondary N) is 2. The van der Waals surface area contributed by atoms with Gasteiger partial charge in [-0.1, -0.05) is 30.3 Å². The normalized spacial score (nSPS) is 15.4. The molecule has 4 rings (SSSR count). The molecule has 28 heavy (non-hydrogen) atoms. The Labute approximate surface area is 163 Å². The van der Waals surface area contributed by atoms with Crippen LogP contribution in [0.4, 0.5) is 11.6 Å². The van der Waals surface area contributed by atoms with E-state index in [4.69, 9.17) is 5.26 Å². The van der Waals surface area contributed by atoms with E-state index in [1.54, 1.807) is 42.5 Å². The molecule has 2 aromatic carbocycles. The third-order valence-corrected chi connectivity index (χ3v) is 6.01. The van der Waals surface area contributed by atoms with Crippen LogP contribution in [0, 0.1) is 11.3 Å². The molecular weight excluding hydrogens is 372 g/mol. The fourth-order valence-electron chi connectivity index (χ4n) is 3.21.